The zero-order valence-electron chi connectivity index (χ0n) is 16.1. The van der Waals surface area contributed by atoms with Crippen LogP contribution >= 0.6 is 0 Å². The minimum Gasteiger partial charge on any atom is -0.355 e. The summed E-state index contributed by atoms with van der Waals surface area (Å²) in [6.45, 7) is 1.97. The largest absolute Gasteiger partial charge is 0.355 e. The molecule has 0 spiro atoms. The Morgan fingerprint density at radius 1 is 1.24 bits per heavy atom. The fourth-order valence-corrected chi connectivity index (χ4v) is 4.70. The number of hydrogen-bond acceptors (Lipinski definition) is 6. The summed E-state index contributed by atoms with van der Waals surface area (Å²) in [6, 6.07) is 3.81. The maximum Gasteiger partial charge on any atom is 0.276 e. The molecule has 9 nitrogen and oxygen atoms in total. The van der Waals surface area contributed by atoms with Crippen LogP contribution in [-0.4, -0.2) is 46.4 Å². The maximum absolute atomic E-state index is 13.3. The lowest BCUT2D eigenvalue weighted by molar-refractivity contribution is 0.0632. The van der Waals surface area contributed by atoms with Gasteiger partial charge >= 0.3 is 0 Å². The second-order valence-electron chi connectivity index (χ2n) is 7.86. The molecule has 0 N–H and O–H groups in total. The van der Waals surface area contributed by atoms with Gasteiger partial charge in [-0.2, -0.15) is 10.2 Å². The quantitative estimate of drug-likeness (QED) is 0.522. The molecule has 4 aromatic heterocycles. The van der Waals surface area contributed by atoms with Gasteiger partial charge in [0.05, 0.1) is 29.2 Å². The molecule has 0 aliphatic carbocycles. The van der Waals surface area contributed by atoms with Gasteiger partial charge in [0.15, 0.2) is 17.1 Å². The lowest BCUT2D eigenvalue weighted by atomic mass is 9.98. The average Bonchev–Trinajstić information content (AvgIpc) is 3.46. The van der Waals surface area contributed by atoms with E-state index >= 15 is 0 Å². The van der Waals surface area contributed by atoms with Crippen molar-refractivity contribution >= 4 is 11.6 Å². The average molecular weight is 389 g/mol. The summed E-state index contributed by atoms with van der Waals surface area (Å²) in [5, 5.41) is 12.8. The normalized spacial score (nSPS) is 20.4. The molecule has 1 amide bonds. The Hall–Kier alpha value is -3.49. The molecule has 29 heavy (non-hydrogen) atoms. The molecular weight excluding hydrogens is 370 g/mol. The summed E-state index contributed by atoms with van der Waals surface area (Å²) in [5.41, 5.74) is 5.18. The first-order valence-electron chi connectivity index (χ1n) is 9.71. The zero-order valence-corrected chi connectivity index (χ0v) is 16.1. The number of aryl methyl sites for hydroxylation is 2. The van der Waals surface area contributed by atoms with Crippen molar-refractivity contribution in [3.05, 3.63) is 53.4 Å². The highest BCUT2D eigenvalue weighted by Crippen LogP contribution is 2.44. The first-order chi connectivity index (χ1) is 14.1. The van der Waals surface area contributed by atoms with Gasteiger partial charge in [0.1, 0.15) is 0 Å². The summed E-state index contributed by atoms with van der Waals surface area (Å²) in [4.78, 5) is 19.8. The Morgan fingerprint density at radius 2 is 2.14 bits per heavy atom. The van der Waals surface area contributed by atoms with Gasteiger partial charge in [-0.1, -0.05) is 5.16 Å². The van der Waals surface area contributed by atoms with Crippen LogP contribution in [-0.2, 0) is 13.5 Å². The zero-order chi connectivity index (χ0) is 19.7. The highest BCUT2D eigenvalue weighted by molar-refractivity contribution is 5.94. The molecule has 2 atom stereocenters. The molecule has 9 heteroatoms. The summed E-state index contributed by atoms with van der Waals surface area (Å²) in [6.07, 6.45) is 8.08. The van der Waals surface area contributed by atoms with Crippen molar-refractivity contribution in [1.82, 2.24) is 34.4 Å². The summed E-state index contributed by atoms with van der Waals surface area (Å²) in [5.74, 6) is 0.445. The molecule has 1 saturated heterocycles. The minimum atomic E-state index is -0.0983. The van der Waals surface area contributed by atoms with Crippen LogP contribution in [0.4, 0.5) is 0 Å². The Bertz CT molecular complexity index is 1270. The molecule has 4 aromatic rings. The monoisotopic (exact) mass is 389 g/mol. The molecule has 6 heterocycles. The first kappa shape index (κ1) is 16.5. The fraction of sp³-hybridized carbons (Fsp3) is 0.350. The molecule has 2 aliphatic rings. The highest BCUT2D eigenvalue weighted by atomic mass is 16.5. The van der Waals surface area contributed by atoms with Crippen molar-refractivity contribution in [1.29, 1.82) is 0 Å². The Balaban J connectivity index is 1.36. The predicted octanol–water partition coefficient (Wildman–Crippen LogP) is 2.33. The Kier molecular flexibility index (Phi) is 3.27. The SMILES string of the molecule is Cc1cc2ncc3c(n2n1)C[C@H]1CC[C@H]3N1C(=O)c1cc(-c2cnn(C)c2)on1. The van der Waals surface area contributed by atoms with Crippen LogP contribution in [0.3, 0.4) is 0 Å². The van der Waals surface area contributed by atoms with Gasteiger partial charge in [0, 0.05) is 49.6 Å². The highest BCUT2D eigenvalue weighted by Gasteiger charge is 2.44. The van der Waals surface area contributed by atoms with Crippen LogP contribution in [0.2, 0.25) is 0 Å². The standard InChI is InChI=1S/C20H19N7O2/c1-11-5-19-21-9-14-16-4-3-13(6-17(14)27(19)23-11)26(16)20(28)15-7-18(29-24-15)12-8-22-25(2)10-12/h5,7-10,13,16H,3-4,6H2,1-2H3/t13-,16-/m1/s1. The van der Waals surface area contributed by atoms with E-state index in [2.05, 4.69) is 20.3 Å². The second-order valence-corrected chi connectivity index (χ2v) is 7.86. The third-order valence-electron chi connectivity index (χ3n) is 5.98. The third kappa shape index (κ3) is 2.36. The third-order valence-corrected chi connectivity index (χ3v) is 5.98. The van der Waals surface area contributed by atoms with Crippen LogP contribution in [0.25, 0.3) is 17.0 Å². The van der Waals surface area contributed by atoms with Gasteiger partial charge in [-0.05, 0) is 19.8 Å². The van der Waals surface area contributed by atoms with E-state index in [1.165, 1.54) is 0 Å². The van der Waals surface area contributed by atoms with E-state index in [0.717, 1.165) is 47.4 Å². The van der Waals surface area contributed by atoms with Gasteiger partial charge in [-0.15, -0.1) is 0 Å². The van der Waals surface area contributed by atoms with E-state index in [4.69, 9.17) is 4.52 Å². The number of rotatable bonds is 2. The van der Waals surface area contributed by atoms with Gasteiger partial charge in [-0.25, -0.2) is 9.50 Å². The van der Waals surface area contributed by atoms with E-state index in [1.54, 1.807) is 16.9 Å². The summed E-state index contributed by atoms with van der Waals surface area (Å²) < 4.78 is 9.04. The van der Waals surface area contributed by atoms with Crippen LogP contribution in [0, 0.1) is 6.92 Å². The number of nitrogens with zero attached hydrogens (tertiary/aromatic N) is 7. The Morgan fingerprint density at radius 3 is 2.97 bits per heavy atom. The molecule has 0 saturated carbocycles. The first-order valence-corrected chi connectivity index (χ1v) is 9.71. The van der Waals surface area contributed by atoms with E-state index in [9.17, 15) is 4.79 Å². The maximum atomic E-state index is 13.3. The molecule has 0 aromatic carbocycles. The van der Waals surface area contributed by atoms with Crippen molar-refractivity contribution in [3.8, 4) is 11.3 Å². The van der Waals surface area contributed by atoms with Crippen molar-refractivity contribution in [2.45, 2.75) is 38.3 Å². The van der Waals surface area contributed by atoms with E-state index in [-0.39, 0.29) is 18.0 Å². The molecule has 0 radical (unpaired) electrons. The Labute approximate surface area is 165 Å². The van der Waals surface area contributed by atoms with Gasteiger partial charge in [0.2, 0.25) is 0 Å². The van der Waals surface area contributed by atoms with Crippen molar-refractivity contribution in [2.24, 2.45) is 7.05 Å². The minimum absolute atomic E-state index is 0.00352. The summed E-state index contributed by atoms with van der Waals surface area (Å²) in [7, 11) is 1.83. The molecule has 146 valence electrons. The van der Waals surface area contributed by atoms with E-state index < -0.39 is 0 Å². The van der Waals surface area contributed by atoms with Crippen LogP contribution < -0.4 is 0 Å². The van der Waals surface area contributed by atoms with Crippen LogP contribution in [0.15, 0.2) is 35.2 Å². The predicted molar refractivity (Wildman–Crippen MR) is 102 cm³/mol. The van der Waals surface area contributed by atoms with Crippen molar-refractivity contribution in [3.63, 3.8) is 0 Å². The molecule has 2 aliphatic heterocycles. The van der Waals surface area contributed by atoms with Gasteiger partial charge in [-0.3, -0.25) is 9.48 Å². The molecule has 1 fully saturated rings. The number of hydrogen-bond donors (Lipinski definition) is 0. The molecule has 6 rings (SSSR count). The lowest BCUT2D eigenvalue weighted by Gasteiger charge is -2.35. The molecule has 0 unspecified atom stereocenters. The molecular formula is C20H19N7O2. The fourth-order valence-electron chi connectivity index (χ4n) is 4.70. The smallest absolute Gasteiger partial charge is 0.276 e. The summed E-state index contributed by atoms with van der Waals surface area (Å²) >= 11 is 0. The van der Waals surface area contributed by atoms with Gasteiger partial charge < -0.3 is 9.42 Å². The van der Waals surface area contributed by atoms with Crippen LogP contribution in [0.5, 0.6) is 0 Å². The number of carbonyl (C=O) groups excluding carboxylic acids is 1. The van der Waals surface area contributed by atoms with E-state index in [0.29, 0.717) is 11.5 Å². The number of carbonyl (C=O) groups is 1. The number of fused-ring (bicyclic) bond motifs is 6. The van der Waals surface area contributed by atoms with Crippen molar-refractivity contribution in [2.75, 3.05) is 0 Å². The second kappa shape index (κ2) is 5.76. The lowest BCUT2D eigenvalue weighted by Crippen LogP contribution is -2.42. The van der Waals surface area contributed by atoms with Gasteiger partial charge in [0.25, 0.3) is 5.91 Å². The number of aromatic nitrogens is 6. The van der Waals surface area contributed by atoms with Crippen LogP contribution in [0.1, 0.15) is 46.3 Å². The number of amides is 1. The van der Waals surface area contributed by atoms with Crippen molar-refractivity contribution < 1.29 is 9.32 Å². The molecule has 2 bridgehead atoms. The topological polar surface area (TPSA) is 94.3 Å². The van der Waals surface area contributed by atoms with E-state index in [1.807, 2.05) is 41.8 Å².